The first-order valence-electron chi connectivity index (χ1n) is 5.99. The number of Topliss-reactive ketones (excluding diaryl/α,β-unsaturated/α-hetero) is 1. The largest absolute Gasteiger partial charge is 0.308 e. The zero-order valence-corrected chi connectivity index (χ0v) is 12.5. The van der Waals surface area contributed by atoms with Gasteiger partial charge in [0, 0.05) is 17.8 Å². The van der Waals surface area contributed by atoms with Gasteiger partial charge in [-0.15, -0.1) is 11.3 Å². The molecule has 0 aliphatic carbocycles. The fourth-order valence-corrected chi connectivity index (χ4v) is 2.71. The van der Waals surface area contributed by atoms with Crippen LogP contribution in [0.3, 0.4) is 0 Å². The second kappa shape index (κ2) is 6.32. The molecule has 6 heteroatoms. The van der Waals surface area contributed by atoms with Crippen LogP contribution >= 0.6 is 22.9 Å². The number of likely N-dealkylation sites (N-methyl/N-ethyl adjacent to an activating group) is 1. The summed E-state index contributed by atoms with van der Waals surface area (Å²) < 4.78 is 1.69. The summed E-state index contributed by atoms with van der Waals surface area (Å²) in [7, 11) is 3.97. The molecular weight excluding hydrogens is 282 g/mol. The second-order valence-corrected chi connectivity index (χ2v) is 5.99. The van der Waals surface area contributed by atoms with Crippen molar-refractivity contribution < 1.29 is 4.79 Å². The predicted octanol–water partition coefficient (Wildman–Crippen LogP) is 2.59. The van der Waals surface area contributed by atoms with Crippen molar-refractivity contribution in [1.29, 1.82) is 0 Å². The zero-order valence-electron chi connectivity index (χ0n) is 11.0. The maximum atomic E-state index is 12.3. The third kappa shape index (κ3) is 3.65. The first kappa shape index (κ1) is 14.2. The highest BCUT2D eigenvalue weighted by Crippen LogP contribution is 2.19. The van der Waals surface area contributed by atoms with Crippen molar-refractivity contribution in [3.05, 3.63) is 39.3 Å². The van der Waals surface area contributed by atoms with Crippen molar-refractivity contribution in [3.63, 3.8) is 0 Å². The van der Waals surface area contributed by atoms with Gasteiger partial charge in [-0.25, -0.2) is 0 Å². The molecule has 19 heavy (non-hydrogen) atoms. The molecule has 2 rings (SSSR count). The monoisotopic (exact) mass is 297 g/mol. The first-order valence-corrected chi connectivity index (χ1v) is 7.25. The van der Waals surface area contributed by atoms with E-state index in [2.05, 4.69) is 5.10 Å². The smallest absolute Gasteiger partial charge is 0.187 e. The standard InChI is InChI=1S/C13H16ClN3OS/c1-16(2)5-6-17-13(11(14)9-15-17)12(18)8-10-4-3-7-19-10/h3-4,7,9H,5-6,8H2,1-2H3. The number of thiophene rings is 1. The molecular formula is C13H16ClN3OS. The van der Waals surface area contributed by atoms with Gasteiger partial charge in [0.25, 0.3) is 0 Å². The Morgan fingerprint density at radius 3 is 2.95 bits per heavy atom. The van der Waals surface area contributed by atoms with Crippen LogP contribution in [-0.4, -0.2) is 41.1 Å². The SMILES string of the molecule is CN(C)CCn1ncc(Cl)c1C(=O)Cc1cccs1. The average molecular weight is 298 g/mol. The van der Waals surface area contributed by atoms with E-state index in [9.17, 15) is 4.79 Å². The minimum atomic E-state index is 0.0173. The lowest BCUT2D eigenvalue weighted by Crippen LogP contribution is -2.22. The summed E-state index contributed by atoms with van der Waals surface area (Å²) in [4.78, 5) is 15.4. The summed E-state index contributed by atoms with van der Waals surface area (Å²) in [5, 5.41) is 6.58. The molecule has 0 amide bonds. The van der Waals surface area contributed by atoms with Crippen LogP contribution < -0.4 is 0 Å². The van der Waals surface area contributed by atoms with Gasteiger partial charge in [0.2, 0.25) is 0 Å². The topological polar surface area (TPSA) is 38.1 Å². The average Bonchev–Trinajstić information content (AvgIpc) is 2.96. The van der Waals surface area contributed by atoms with Gasteiger partial charge in [0.1, 0.15) is 5.69 Å². The predicted molar refractivity (Wildman–Crippen MR) is 78.1 cm³/mol. The Bertz CT molecular complexity index is 548. The van der Waals surface area contributed by atoms with Gasteiger partial charge in [-0.3, -0.25) is 9.48 Å². The molecule has 4 nitrogen and oxygen atoms in total. The number of hydrogen-bond acceptors (Lipinski definition) is 4. The second-order valence-electron chi connectivity index (χ2n) is 4.55. The van der Waals surface area contributed by atoms with E-state index in [1.807, 2.05) is 36.5 Å². The van der Waals surface area contributed by atoms with Crippen LogP contribution in [0.5, 0.6) is 0 Å². The quantitative estimate of drug-likeness (QED) is 0.769. The summed E-state index contributed by atoms with van der Waals surface area (Å²) in [6.45, 7) is 1.47. The lowest BCUT2D eigenvalue weighted by Gasteiger charge is -2.11. The molecule has 0 aliphatic rings. The summed E-state index contributed by atoms with van der Waals surface area (Å²) in [5.74, 6) is 0.0173. The van der Waals surface area contributed by atoms with E-state index in [-0.39, 0.29) is 5.78 Å². The van der Waals surface area contributed by atoms with Crippen molar-refractivity contribution in [2.45, 2.75) is 13.0 Å². The summed E-state index contributed by atoms with van der Waals surface area (Å²) in [6, 6.07) is 3.90. The first-order chi connectivity index (χ1) is 9.08. The van der Waals surface area contributed by atoms with Crippen molar-refractivity contribution >= 4 is 28.7 Å². The number of carbonyl (C=O) groups is 1. The van der Waals surface area contributed by atoms with E-state index in [1.54, 1.807) is 22.2 Å². The molecule has 0 bridgehead atoms. The molecule has 0 saturated carbocycles. The zero-order chi connectivity index (χ0) is 13.8. The van der Waals surface area contributed by atoms with E-state index >= 15 is 0 Å². The van der Waals surface area contributed by atoms with E-state index in [4.69, 9.17) is 11.6 Å². The Morgan fingerprint density at radius 1 is 1.53 bits per heavy atom. The van der Waals surface area contributed by atoms with Crippen LogP contribution in [0.25, 0.3) is 0 Å². The molecule has 0 aromatic carbocycles. The highest BCUT2D eigenvalue weighted by atomic mass is 35.5. The molecule has 0 atom stereocenters. The van der Waals surface area contributed by atoms with Crippen molar-refractivity contribution in [2.75, 3.05) is 20.6 Å². The van der Waals surface area contributed by atoms with E-state index in [0.29, 0.717) is 23.7 Å². The Balaban J connectivity index is 2.14. The molecule has 2 aromatic rings. The fourth-order valence-electron chi connectivity index (χ4n) is 1.76. The normalized spacial score (nSPS) is 11.2. The Kier molecular flexibility index (Phi) is 4.74. The number of halogens is 1. The molecule has 0 saturated heterocycles. The van der Waals surface area contributed by atoms with Crippen LogP contribution in [0.4, 0.5) is 0 Å². The molecule has 0 spiro atoms. The van der Waals surface area contributed by atoms with Gasteiger partial charge in [-0.1, -0.05) is 17.7 Å². The third-order valence-electron chi connectivity index (χ3n) is 2.73. The Labute approximate surface area is 121 Å². The number of rotatable bonds is 6. The lowest BCUT2D eigenvalue weighted by atomic mass is 10.2. The third-order valence-corrected chi connectivity index (χ3v) is 3.89. The molecule has 2 heterocycles. The molecule has 0 N–H and O–H groups in total. The number of nitrogens with zero attached hydrogens (tertiary/aromatic N) is 3. The van der Waals surface area contributed by atoms with E-state index in [0.717, 1.165) is 11.4 Å². The Hall–Kier alpha value is -1.17. The maximum absolute atomic E-state index is 12.3. The van der Waals surface area contributed by atoms with Crippen LogP contribution in [0.2, 0.25) is 5.02 Å². The number of aromatic nitrogens is 2. The van der Waals surface area contributed by atoms with Crippen LogP contribution in [0.15, 0.2) is 23.7 Å². The molecule has 0 aliphatic heterocycles. The minimum absolute atomic E-state index is 0.0173. The molecule has 0 radical (unpaired) electrons. The van der Waals surface area contributed by atoms with Gasteiger partial charge in [0.15, 0.2) is 5.78 Å². The summed E-state index contributed by atoms with van der Waals surface area (Å²) >= 11 is 7.66. The lowest BCUT2D eigenvalue weighted by molar-refractivity contribution is 0.0983. The fraction of sp³-hybridized carbons (Fsp3) is 0.385. The highest BCUT2D eigenvalue weighted by molar-refractivity contribution is 7.10. The number of hydrogen-bond donors (Lipinski definition) is 0. The van der Waals surface area contributed by atoms with E-state index in [1.165, 1.54) is 0 Å². The highest BCUT2D eigenvalue weighted by Gasteiger charge is 2.18. The van der Waals surface area contributed by atoms with Crippen molar-refractivity contribution in [3.8, 4) is 0 Å². The van der Waals surface area contributed by atoms with Crippen molar-refractivity contribution in [1.82, 2.24) is 14.7 Å². The molecule has 102 valence electrons. The molecule has 2 aromatic heterocycles. The molecule has 0 fully saturated rings. The van der Waals surface area contributed by atoms with Gasteiger partial charge >= 0.3 is 0 Å². The maximum Gasteiger partial charge on any atom is 0.187 e. The van der Waals surface area contributed by atoms with Crippen LogP contribution in [0, 0.1) is 0 Å². The summed E-state index contributed by atoms with van der Waals surface area (Å²) in [5.41, 5.74) is 0.511. The van der Waals surface area contributed by atoms with Crippen LogP contribution in [0.1, 0.15) is 15.4 Å². The number of carbonyl (C=O) groups excluding carboxylic acids is 1. The molecule has 0 unspecified atom stereocenters. The van der Waals surface area contributed by atoms with E-state index < -0.39 is 0 Å². The van der Waals surface area contributed by atoms with Gasteiger partial charge in [-0.05, 0) is 25.5 Å². The van der Waals surface area contributed by atoms with Gasteiger partial charge < -0.3 is 4.90 Å². The number of ketones is 1. The Morgan fingerprint density at radius 2 is 2.32 bits per heavy atom. The van der Waals surface area contributed by atoms with Crippen LogP contribution in [-0.2, 0) is 13.0 Å². The summed E-state index contributed by atoms with van der Waals surface area (Å²) in [6.07, 6.45) is 1.92. The van der Waals surface area contributed by atoms with Gasteiger partial charge in [-0.2, -0.15) is 5.10 Å². The van der Waals surface area contributed by atoms with Gasteiger partial charge in [0.05, 0.1) is 17.8 Å². The van der Waals surface area contributed by atoms with Crippen molar-refractivity contribution in [2.24, 2.45) is 0 Å². The minimum Gasteiger partial charge on any atom is -0.308 e.